The molecule has 6 nitrogen and oxygen atoms in total. The Labute approximate surface area is 103 Å². The Morgan fingerprint density at radius 2 is 2.11 bits per heavy atom. The van der Waals surface area contributed by atoms with E-state index in [4.69, 9.17) is 9.15 Å². The maximum absolute atomic E-state index is 11.7. The van der Waals surface area contributed by atoms with Gasteiger partial charge in [-0.3, -0.25) is 0 Å². The monoisotopic (exact) mass is 256 g/mol. The van der Waals surface area contributed by atoms with E-state index in [1.807, 2.05) is 0 Å². The normalized spacial score (nSPS) is 28.4. The van der Waals surface area contributed by atoms with Crippen LogP contribution in [-0.4, -0.2) is 33.6 Å². The minimum Gasteiger partial charge on any atom is -0.487 e. The number of hydrogen-bond acceptors (Lipinski definition) is 6. The first-order valence-corrected chi connectivity index (χ1v) is 5.78. The van der Waals surface area contributed by atoms with E-state index in [2.05, 4.69) is 0 Å². The summed E-state index contributed by atoms with van der Waals surface area (Å²) in [6.07, 6.45) is -3.57. The molecule has 0 saturated carbocycles. The lowest BCUT2D eigenvalue weighted by atomic mass is 9.98. The van der Waals surface area contributed by atoms with Gasteiger partial charge in [-0.15, -0.1) is 0 Å². The Morgan fingerprint density at radius 1 is 1.44 bits per heavy atom. The number of rotatable bonds is 2. The summed E-state index contributed by atoms with van der Waals surface area (Å²) in [5.41, 5.74) is -0.823. The Morgan fingerprint density at radius 3 is 2.72 bits per heavy atom. The Balaban J connectivity index is 2.45. The van der Waals surface area contributed by atoms with Gasteiger partial charge in [0.15, 0.2) is 0 Å². The van der Waals surface area contributed by atoms with Crippen LogP contribution in [-0.2, 0) is 6.42 Å². The molecule has 0 radical (unpaired) electrons. The lowest BCUT2D eigenvalue weighted by Crippen LogP contribution is -2.41. The largest absolute Gasteiger partial charge is 0.487 e. The van der Waals surface area contributed by atoms with Crippen LogP contribution in [0.4, 0.5) is 0 Å². The van der Waals surface area contributed by atoms with Crippen LogP contribution in [0.2, 0.25) is 0 Å². The van der Waals surface area contributed by atoms with Crippen molar-refractivity contribution in [1.29, 1.82) is 0 Å². The number of hydrogen-bond donors (Lipinski definition) is 3. The molecule has 0 amide bonds. The average molecular weight is 256 g/mol. The maximum Gasteiger partial charge on any atom is 0.345 e. The van der Waals surface area contributed by atoms with Crippen LogP contribution in [0, 0.1) is 0 Å². The van der Waals surface area contributed by atoms with Gasteiger partial charge in [-0.1, -0.05) is 0 Å². The zero-order valence-corrected chi connectivity index (χ0v) is 10.2. The second-order valence-corrected chi connectivity index (χ2v) is 4.59. The molecule has 4 atom stereocenters. The number of aliphatic hydroxyl groups excluding tert-OH is 3. The van der Waals surface area contributed by atoms with E-state index < -0.39 is 30.0 Å². The summed E-state index contributed by atoms with van der Waals surface area (Å²) in [7, 11) is 0. The molecule has 3 N–H and O–H groups in total. The molecule has 1 aromatic rings. The quantitative estimate of drug-likeness (QED) is 0.674. The predicted octanol–water partition coefficient (Wildman–Crippen LogP) is -0.262. The maximum atomic E-state index is 11.7. The van der Waals surface area contributed by atoms with Gasteiger partial charge in [0.2, 0.25) is 0 Å². The summed E-state index contributed by atoms with van der Waals surface area (Å²) in [6.45, 7) is 3.17. The first-order valence-electron chi connectivity index (χ1n) is 5.78. The third-order valence-electron chi connectivity index (χ3n) is 2.91. The lowest BCUT2D eigenvalue weighted by molar-refractivity contribution is -0.0637. The molecule has 100 valence electrons. The number of fused-ring (bicyclic) bond motifs is 1. The fourth-order valence-electron chi connectivity index (χ4n) is 1.98. The number of aliphatic hydroxyl groups is 3. The van der Waals surface area contributed by atoms with Crippen LogP contribution in [0.3, 0.4) is 0 Å². The van der Waals surface area contributed by atoms with Gasteiger partial charge in [0.1, 0.15) is 35.4 Å². The summed E-state index contributed by atoms with van der Waals surface area (Å²) in [5.74, 6) is 0.483. The van der Waals surface area contributed by atoms with E-state index in [1.54, 1.807) is 13.8 Å². The molecule has 0 spiro atoms. The van der Waals surface area contributed by atoms with E-state index in [0.29, 0.717) is 0 Å². The van der Waals surface area contributed by atoms with Crippen LogP contribution >= 0.6 is 0 Å². The Hall–Kier alpha value is -1.37. The van der Waals surface area contributed by atoms with Gasteiger partial charge in [0.05, 0.1) is 6.10 Å². The lowest BCUT2D eigenvalue weighted by Gasteiger charge is -2.31. The summed E-state index contributed by atoms with van der Waals surface area (Å²) >= 11 is 0. The zero-order chi connectivity index (χ0) is 13.4. The molecule has 6 heteroatoms. The molecule has 0 aromatic carbocycles. The first kappa shape index (κ1) is 13.1. The molecule has 0 saturated heterocycles. The van der Waals surface area contributed by atoms with E-state index in [-0.39, 0.29) is 23.5 Å². The first-order chi connectivity index (χ1) is 8.40. The molecule has 1 aliphatic rings. The molecule has 1 unspecified atom stereocenters. The second kappa shape index (κ2) is 4.72. The molecule has 2 heterocycles. The standard InChI is InChI=1S/C12H16O6/c1-5(13)3-7-4-8-9(12(16)18-7)11(15)10(14)6(2)17-8/h4-6,10-11,13-15H,3H2,1-2H3/t5?,6-,10+,11-/m0/s1. The fraction of sp³-hybridized carbons (Fsp3) is 0.583. The van der Waals surface area contributed by atoms with Crippen molar-refractivity contribution < 1.29 is 24.5 Å². The van der Waals surface area contributed by atoms with Gasteiger partial charge in [0.25, 0.3) is 0 Å². The van der Waals surface area contributed by atoms with Crippen LogP contribution in [0.15, 0.2) is 15.3 Å². The Kier molecular flexibility index (Phi) is 3.43. The number of ether oxygens (including phenoxy) is 1. The van der Waals surface area contributed by atoms with Gasteiger partial charge in [-0.05, 0) is 13.8 Å². The van der Waals surface area contributed by atoms with Gasteiger partial charge in [-0.2, -0.15) is 0 Å². The van der Waals surface area contributed by atoms with E-state index in [9.17, 15) is 20.1 Å². The van der Waals surface area contributed by atoms with Crippen molar-refractivity contribution in [1.82, 2.24) is 0 Å². The van der Waals surface area contributed by atoms with E-state index in [1.165, 1.54) is 6.07 Å². The molecule has 18 heavy (non-hydrogen) atoms. The summed E-state index contributed by atoms with van der Waals surface area (Å²) < 4.78 is 10.3. The predicted molar refractivity (Wildman–Crippen MR) is 61.4 cm³/mol. The molecule has 1 aliphatic heterocycles. The van der Waals surface area contributed by atoms with Crippen LogP contribution in [0.25, 0.3) is 0 Å². The minimum atomic E-state index is -1.32. The highest BCUT2D eigenvalue weighted by Gasteiger charge is 2.36. The Bertz CT molecular complexity index is 492. The van der Waals surface area contributed by atoms with Gasteiger partial charge < -0.3 is 24.5 Å². The third-order valence-corrected chi connectivity index (χ3v) is 2.91. The highest BCUT2D eigenvalue weighted by molar-refractivity contribution is 5.36. The summed E-state index contributed by atoms with van der Waals surface area (Å²) in [6, 6.07) is 1.47. The zero-order valence-electron chi connectivity index (χ0n) is 10.2. The molecular weight excluding hydrogens is 240 g/mol. The van der Waals surface area contributed by atoms with Crippen molar-refractivity contribution in [2.75, 3.05) is 0 Å². The van der Waals surface area contributed by atoms with Crippen LogP contribution < -0.4 is 10.4 Å². The van der Waals surface area contributed by atoms with E-state index in [0.717, 1.165) is 0 Å². The van der Waals surface area contributed by atoms with Crippen LogP contribution in [0.5, 0.6) is 5.75 Å². The van der Waals surface area contributed by atoms with Gasteiger partial charge >= 0.3 is 5.63 Å². The fourth-order valence-corrected chi connectivity index (χ4v) is 1.98. The molecule has 0 fully saturated rings. The van der Waals surface area contributed by atoms with Crippen molar-refractivity contribution >= 4 is 0 Å². The van der Waals surface area contributed by atoms with Crippen molar-refractivity contribution in [2.45, 2.75) is 44.7 Å². The molecule has 0 bridgehead atoms. The average Bonchev–Trinajstić information content (AvgIpc) is 2.24. The molecular formula is C12H16O6. The van der Waals surface area contributed by atoms with Crippen molar-refractivity contribution in [3.63, 3.8) is 0 Å². The van der Waals surface area contributed by atoms with Crippen molar-refractivity contribution in [2.24, 2.45) is 0 Å². The third kappa shape index (κ3) is 2.27. The van der Waals surface area contributed by atoms with Gasteiger partial charge in [-0.25, -0.2) is 4.79 Å². The highest BCUT2D eigenvalue weighted by atomic mass is 16.5. The van der Waals surface area contributed by atoms with Crippen molar-refractivity contribution in [3.05, 3.63) is 27.8 Å². The minimum absolute atomic E-state index is 0.0741. The molecule has 2 rings (SSSR count). The topological polar surface area (TPSA) is 100 Å². The molecule has 1 aromatic heterocycles. The SMILES string of the molecule is CC(O)Cc1cc2c(c(=O)o1)[C@H](O)[C@H](O)[C@H](C)O2. The van der Waals surface area contributed by atoms with Crippen molar-refractivity contribution in [3.8, 4) is 5.75 Å². The van der Waals surface area contributed by atoms with Gasteiger partial charge in [0, 0.05) is 12.5 Å². The van der Waals surface area contributed by atoms with Crippen LogP contribution in [0.1, 0.15) is 31.3 Å². The summed E-state index contributed by atoms with van der Waals surface area (Å²) in [5, 5.41) is 28.7. The molecule has 0 aliphatic carbocycles. The summed E-state index contributed by atoms with van der Waals surface area (Å²) in [4.78, 5) is 11.7. The smallest absolute Gasteiger partial charge is 0.345 e. The highest BCUT2D eigenvalue weighted by Crippen LogP contribution is 2.33. The van der Waals surface area contributed by atoms with E-state index >= 15 is 0 Å². The second-order valence-electron chi connectivity index (χ2n) is 4.59.